The van der Waals surface area contributed by atoms with Crippen LogP contribution in [-0.2, 0) is 9.59 Å². The maximum absolute atomic E-state index is 12.7. The van der Waals surface area contributed by atoms with E-state index in [2.05, 4.69) is 22.9 Å². The van der Waals surface area contributed by atoms with Crippen molar-refractivity contribution in [2.24, 2.45) is 5.92 Å². The van der Waals surface area contributed by atoms with Crippen LogP contribution in [0.1, 0.15) is 32.3 Å². The summed E-state index contributed by atoms with van der Waals surface area (Å²) in [4.78, 5) is 40.5. The normalized spacial score (nSPS) is 19.3. The van der Waals surface area contributed by atoms with E-state index in [0.29, 0.717) is 35.7 Å². The average Bonchev–Trinajstić information content (AvgIpc) is 2.93. The zero-order valence-corrected chi connectivity index (χ0v) is 18.7. The first-order valence-electron chi connectivity index (χ1n) is 9.48. The Bertz CT molecular complexity index is 865. The van der Waals surface area contributed by atoms with Crippen LogP contribution in [0.2, 0.25) is 0 Å². The Morgan fingerprint density at radius 2 is 2.03 bits per heavy atom. The van der Waals surface area contributed by atoms with Crippen LogP contribution < -0.4 is 4.74 Å². The first-order valence-corrected chi connectivity index (χ1v) is 11.1. The van der Waals surface area contributed by atoms with E-state index >= 15 is 0 Å². The molecule has 1 N–H and O–H groups in total. The minimum absolute atomic E-state index is 0.0228. The highest BCUT2D eigenvalue weighted by molar-refractivity contribution is 9.10. The third-order valence-corrected chi connectivity index (χ3v) is 6.56. The van der Waals surface area contributed by atoms with Crippen molar-refractivity contribution in [2.45, 2.75) is 26.7 Å². The van der Waals surface area contributed by atoms with Crippen LogP contribution in [0, 0.1) is 5.92 Å². The van der Waals surface area contributed by atoms with E-state index < -0.39 is 11.1 Å². The number of imide groups is 1. The van der Waals surface area contributed by atoms with Gasteiger partial charge in [0.15, 0.2) is 11.5 Å². The molecule has 2 heterocycles. The highest BCUT2D eigenvalue weighted by atomic mass is 79.9. The molecule has 3 amide bonds. The second-order valence-corrected chi connectivity index (χ2v) is 8.95. The van der Waals surface area contributed by atoms with Crippen molar-refractivity contribution in [3.05, 3.63) is 27.1 Å². The molecule has 156 valence electrons. The highest BCUT2D eigenvalue weighted by Gasteiger charge is 2.37. The summed E-state index contributed by atoms with van der Waals surface area (Å²) in [7, 11) is 0. The number of benzene rings is 1. The summed E-state index contributed by atoms with van der Waals surface area (Å²) in [6.45, 7) is 5.41. The van der Waals surface area contributed by atoms with Crippen molar-refractivity contribution in [3.63, 3.8) is 0 Å². The van der Waals surface area contributed by atoms with Gasteiger partial charge in [-0.25, -0.2) is 0 Å². The number of thioether (sulfide) groups is 1. The Balaban J connectivity index is 1.75. The Morgan fingerprint density at radius 1 is 1.34 bits per heavy atom. The van der Waals surface area contributed by atoms with Gasteiger partial charge in [-0.05, 0) is 61.2 Å². The average molecular weight is 483 g/mol. The summed E-state index contributed by atoms with van der Waals surface area (Å²) in [5.41, 5.74) is 0.591. The number of carbonyl (C=O) groups excluding carboxylic acids is 3. The molecule has 2 aliphatic rings. The number of amides is 3. The molecule has 0 aromatic heterocycles. The maximum Gasteiger partial charge on any atom is 0.294 e. The lowest BCUT2D eigenvalue weighted by Crippen LogP contribution is -2.45. The molecular weight excluding hydrogens is 460 g/mol. The number of likely N-dealkylation sites (tertiary alicyclic amines) is 1. The molecule has 9 heteroatoms. The fourth-order valence-electron chi connectivity index (χ4n) is 3.21. The molecule has 0 radical (unpaired) electrons. The molecule has 2 saturated heterocycles. The zero-order valence-electron chi connectivity index (χ0n) is 16.3. The summed E-state index contributed by atoms with van der Waals surface area (Å²) in [5, 5.41) is 9.47. The van der Waals surface area contributed by atoms with Crippen LogP contribution in [0.4, 0.5) is 4.79 Å². The van der Waals surface area contributed by atoms with Gasteiger partial charge in [0.05, 0.1) is 11.5 Å². The molecule has 0 bridgehead atoms. The summed E-state index contributed by atoms with van der Waals surface area (Å²) in [6, 6.07) is 3.07. The van der Waals surface area contributed by atoms with E-state index in [-0.39, 0.29) is 28.9 Å². The number of halogens is 1. The SMILES string of the molecule is CCOc1cc(/C=C2\SC(=O)N(CC(=O)N3CCC(C)CC3)C2=O)c(Br)cc1O. The van der Waals surface area contributed by atoms with Gasteiger partial charge in [0.2, 0.25) is 5.91 Å². The molecule has 7 nitrogen and oxygen atoms in total. The van der Waals surface area contributed by atoms with Crippen molar-refractivity contribution in [2.75, 3.05) is 26.2 Å². The number of rotatable bonds is 5. The topological polar surface area (TPSA) is 87.2 Å². The summed E-state index contributed by atoms with van der Waals surface area (Å²) >= 11 is 4.15. The number of aromatic hydroxyl groups is 1. The fourth-order valence-corrected chi connectivity index (χ4v) is 4.49. The molecule has 0 atom stereocenters. The van der Waals surface area contributed by atoms with Crippen LogP contribution in [-0.4, -0.2) is 58.2 Å². The minimum atomic E-state index is -0.489. The Labute approximate surface area is 182 Å². The smallest absolute Gasteiger partial charge is 0.294 e. The lowest BCUT2D eigenvalue weighted by molar-refractivity contribution is -0.136. The predicted octanol–water partition coefficient (Wildman–Crippen LogP) is 3.85. The van der Waals surface area contributed by atoms with Crippen molar-refractivity contribution in [1.29, 1.82) is 0 Å². The minimum Gasteiger partial charge on any atom is -0.504 e. The second-order valence-electron chi connectivity index (χ2n) is 7.11. The number of carbonyl (C=O) groups is 3. The highest BCUT2D eigenvalue weighted by Crippen LogP contribution is 2.37. The largest absolute Gasteiger partial charge is 0.504 e. The zero-order chi connectivity index (χ0) is 21.1. The number of ether oxygens (including phenoxy) is 1. The molecule has 1 aromatic carbocycles. The number of phenolic OH excluding ortho intramolecular Hbond substituents is 1. The van der Waals surface area contributed by atoms with Gasteiger partial charge in [0.1, 0.15) is 6.54 Å². The number of hydrogen-bond donors (Lipinski definition) is 1. The molecule has 29 heavy (non-hydrogen) atoms. The number of hydrogen-bond acceptors (Lipinski definition) is 6. The lowest BCUT2D eigenvalue weighted by atomic mass is 9.99. The van der Waals surface area contributed by atoms with Crippen molar-refractivity contribution < 1.29 is 24.2 Å². The van der Waals surface area contributed by atoms with Gasteiger partial charge >= 0.3 is 0 Å². The quantitative estimate of drug-likeness (QED) is 0.641. The van der Waals surface area contributed by atoms with Gasteiger partial charge in [-0.15, -0.1) is 0 Å². The van der Waals surface area contributed by atoms with E-state index in [9.17, 15) is 19.5 Å². The molecule has 1 aromatic rings. The second kappa shape index (κ2) is 9.21. The van der Waals surface area contributed by atoms with Crippen molar-refractivity contribution >= 4 is 50.8 Å². The summed E-state index contributed by atoms with van der Waals surface area (Å²) in [5.74, 6) is 0.159. The lowest BCUT2D eigenvalue weighted by Gasteiger charge is -2.31. The third kappa shape index (κ3) is 4.95. The molecule has 0 unspecified atom stereocenters. The van der Waals surface area contributed by atoms with Crippen LogP contribution in [0.15, 0.2) is 21.5 Å². The van der Waals surface area contributed by atoms with Gasteiger partial charge in [0.25, 0.3) is 11.1 Å². The molecule has 0 aliphatic carbocycles. The molecule has 0 spiro atoms. The van der Waals surface area contributed by atoms with Gasteiger partial charge in [-0.2, -0.15) is 0 Å². The molecule has 2 aliphatic heterocycles. The maximum atomic E-state index is 12.7. The monoisotopic (exact) mass is 482 g/mol. The Morgan fingerprint density at radius 3 is 2.69 bits per heavy atom. The van der Waals surface area contributed by atoms with Crippen molar-refractivity contribution in [3.8, 4) is 11.5 Å². The number of nitrogens with zero attached hydrogens (tertiary/aromatic N) is 2. The molecule has 0 saturated carbocycles. The van der Waals surface area contributed by atoms with E-state index in [0.717, 1.165) is 29.5 Å². The van der Waals surface area contributed by atoms with Gasteiger partial charge in [0, 0.05) is 17.6 Å². The predicted molar refractivity (Wildman–Crippen MR) is 115 cm³/mol. The number of phenols is 1. The van der Waals surface area contributed by atoms with Crippen LogP contribution >= 0.6 is 27.7 Å². The Hall–Kier alpha value is -2.00. The number of piperidine rings is 1. The van der Waals surface area contributed by atoms with Crippen LogP contribution in [0.3, 0.4) is 0 Å². The molecular formula is C20H23BrN2O5S. The van der Waals surface area contributed by atoms with Gasteiger partial charge in [-0.3, -0.25) is 19.3 Å². The summed E-state index contributed by atoms with van der Waals surface area (Å²) < 4.78 is 5.93. The van der Waals surface area contributed by atoms with E-state index in [1.807, 2.05) is 0 Å². The molecule has 2 fully saturated rings. The first-order chi connectivity index (χ1) is 13.8. The van der Waals surface area contributed by atoms with E-state index in [1.165, 1.54) is 6.07 Å². The van der Waals surface area contributed by atoms with E-state index in [1.54, 1.807) is 24.0 Å². The van der Waals surface area contributed by atoms with Crippen LogP contribution in [0.25, 0.3) is 6.08 Å². The standard InChI is InChI=1S/C20H23BrN2O5S/c1-3-28-16-8-13(14(21)10-15(16)24)9-17-19(26)23(20(27)29-17)11-18(25)22-6-4-12(2)5-7-22/h8-10,12,24H,3-7,11H2,1-2H3/b17-9-. The summed E-state index contributed by atoms with van der Waals surface area (Å²) in [6.07, 6.45) is 3.43. The Kier molecular flexibility index (Phi) is 6.89. The van der Waals surface area contributed by atoms with Crippen LogP contribution in [0.5, 0.6) is 11.5 Å². The van der Waals surface area contributed by atoms with E-state index in [4.69, 9.17) is 4.74 Å². The van der Waals surface area contributed by atoms with Gasteiger partial charge < -0.3 is 14.7 Å². The van der Waals surface area contributed by atoms with Crippen molar-refractivity contribution in [1.82, 2.24) is 9.80 Å². The fraction of sp³-hybridized carbons (Fsp3) is 0.450. The molecule has 3 rings (SSSR count). The first kappa shape index (κ1) is 21.7. The third-order valence-electron chi connectivity index (χ3n) is 4.97. The van der Waals surface area contributed by atoms with Gasteiger partial charge in [-0.1, -0.05) is 22.9 Å².